The topological polar surface area (TPSA) is 77.1 Å². The number of fused-ring (bicyclic) bond motifs is 1. The van der Waals surface area contributed by atoms with E-state index in [4.69, 9.17) is 4.42 Å². The molecule has 3 aromatic heterocycles. The zero-order valence-corrected chi connectivity index (χ0v) is 15.1. The van der Waals surface area contributed by atoms with E-state index in [9.17, 15) is 4.79 Å². The molecule has 0 N–H and O–H groups in total. The van der Waals surface area contributed by atoms with Crippen LogP contribution in [0.25, 0.3) is 0 Å². The van der Waals surface area contributed by atoms with Crippen molar-refractivity contribution in [3.8, 4) is 0 Å². The highest BCUT2D eigenvalue weighted by atomic mass is 16.4. The summed E-state index contributed by atoms with van der Waals surface area (Å²) >= 11 is 0. The number of aromatic nitrogens is 4. The lowest BCUT2D eigenvalue weighted by molar-refractivity contribution is 0.0716. The van der Waals surface area contributed by atoms with Crippen LogP contribution >= 0.6 is 0 Å². The molecule has 1 aliphatic heterocycles. The molecule has 134 valence electrons. The van der Waals surface area contributed by atoms with Gasteiger partial charge >= 0.3 is 0 Å². The van der Waals surface area contributed by atoms with Crippen molar-refractivity contribution in [3.05, 3.63) is 65.7 Å². The number of nitrogens with zero attached hydrogens (tertiary/aromatic N) is 5. The average Bonchev–Trinajstić information content (AvgIpc) is 3.33. The lowest BCUT2D eigenvalue weighted by Crippen LogP contribution is -2.25. The van der Waals surface area contributed by atoms with Gasteiger partial charge in [0.05, 0.1) is 25.1 Å². The molecule has 7 heteroatoms. The summed E-state index contributed by atoms with van der Waals surface area (Å²) in [6.07, 6.45) is 7.12. The van der Waals surface area contributed by atoms with Crippen LogP contribution in [-0.2, 0) is 25.0 Å². The predicted molar refractivity (Wildman–Crippen MR) is 94.3 cm³/mol. The Kier molecular flexibility index (Phi) is 3.86. The Labute approximate surface area is 151 Å². The molecule has 0 unspecified atom stereocenters. The number of carbonyl (C=O) groups excluding carboxylic acids is 1. The first-order chi connectivity index (χ1) is 12.4. The van der Waals surface area contributed by atoms with Gasteiger partial charge in [0.1, 0.15) is 11.6 Å². The van der Waals surface area contributed by atoms with E-state index in [1.165, 1.54) is 0 Å². The van der Waals surface area contributed by atoms with Crippen molar-refractivity contribution in [1.29, 1.82) is 0 Å². The first-order valence-electron chi connectivity index (χ1n) is 8.59. The monoisotopic (exact) mass is 351 g/mol. The molecule has 4 rings (SSSR count). The number of rotatable bonds is 3. The molecule has 4 heterocycles. The molecular formula is C19H21N5O2. The molecule has 0 aromatic carbocycles. The third-order valence-corrected chi connectivity index (χ3v) is 4.38. The van der Waals surface area contributed by atoms with Gasteiger partial charge in [-0.3, -0.25) is 4.79 Å². The molecule has 3 aromatic rings. The van der Waals surface area contributed by atoms with Crippen molar-refractivity contribution in [2.45, 2.75) is 45.8 Å². The highest BCUT2D eigenvalue weighted by Gasteiger charge is 2.29. The van der Waals surface area contributed by atoms with Crippen molar-refractivity contribution in [2.24, 2.45) is 0 Å². The smallest absolute Gasteiger partial charge is 0.290 e. The Morgan fingerprint density at radius 1 is 1.27 bits per heavy atom. The number of amides is 1. The molecule has 0 atom stereocenters. The number of hydrogen-bond donors (Lipinski definition) is 0. The van der Waals surface area contributed by atoms with Gasteiger partial charge in [-0.2, -0.15) is 0 Å². The summed E-state index contributed by atoms with van der Waals surface area (Å²) in [4.78, 5) is 27.6. The summed E-state index contributed by atoms with van der Waals surface area (Å²) in [7, 11) is 0. The van der Waals surface area contributed by atoms with E-state index in [0.29, 0.717) is 25.4 Å². The van der Waals surface area contributed by atoms with Gasteiger partial charge in [-0.15, -0.1) is 0 Å². The van der Waals surface area contributed by atoms with Crippen molar-refractivity contribution in [1.82, 2.24) is 24.4 Å². The lowest BCUT2D eigenvalue weighted by atomic mass is 9.95. The molecule has 0 fully saturated rings. The highest BCUT2D eigenvalue weighted by molar-refractivity contribution is 5.91. The van der Waals surface area contributed by atoms with Gasteiger partial charge in [-0.25, -0.2) is 15.0 Å². The molecular weight excluding hydrogens is 330 g/mol. The second kappa shape index (κ2) is 6.09. The molecule has 0 radical (unpaired) electrons. The summed E-state index contributed by atoms with van der Waals surface area (Å²) in [6.45, 7) is 7.78. The molecule has 0 spiro atoms. The van der Waals surface area contributed by atoms with Crippen molar-refractivity contribution in [2.75, 3.05) is 0 Å². The molecule has 1 amide bonds. The van der Waals surface area contributed by atoms with Crippen LogP contribution in [0.4, 0.5) is 0 Å². The highest BCUT2D eigenvalue weighted by Crippen LogP contribution is 2.26. The minimum Gasteiger partial charge on any atom is -0.454 e. The van der Waals surface area contributed by atoms with Crippen LogP contribution < -0.4 is 0 Å². The quantitative estimate of drug-likeness (QED) is 0.725. The Morgan fingerprint density at radius 2 is 2.12 bits per heavy atom. The normalized spacial score (nSPS) is 13.9. The van der Waals surface area contributed by atoms with Crippen LogP contribution in [0.2, 0.25) is 0 Å². The summed E-state index contributed by atoms with van der Waals surface area (Å²) in [5.74, 6) is 1.73. The summed E-state index contributed by atoms with van der Waals surface area (Å²) in [5, 5.41) is 0. The maximum Gasteiger partial charge on any atom is 0.290 e. The zero-order chi connectivity index (χ0) is 18.3. The Morgan fingerprint density at radius 3 is 2.85 bits per heavy atom. The van der Waals surface area contributed by atoms with Crippen LogP contribution in [0.5, 0.6) is 0 Å². The van der Waals surface area contributed by atoms with Gasteiger partial charge in [-0.1, -0.05) is 20.8 Å². The Hall–Kier alpha value is -2.96. The SMILES string of the molecule is CC(C)(C)c1ncc2c(n1)CN(C(=O)c1ccc(Cn3ccnc3)o1)C2. The van der Waals surface area contributed by atoms with Gasteiger partial charge in [-0.05, 0) is 12.1 Å². The fourth-order valence-electron chi connectivity index (χ4n) is 2.95. The molecule has 0 saturated heterocycles. The van der Waals surface area contributed by atoms with Crippen molar-refractivity contribution >= 4 is 5.91 Å². The van der Waals surface area contributed by atoms with Gasteiger partial charge in [0.2, 0.25) is 0 Å². The summed E-state index contributed by atoms with van der Waals surface area (Å²) in [5.41, 5.74) is 1.80. The number of furan rings is 1. The third-order valence-electron chi connectivity index (χ3n) is 4.38. The van der Waals surface area contributed by atoms with Crippen LogP contribution in [0.3, 0.4) is 0 Å². The lowest BCUT2D eigenvalue weighted by Gasteiger charge is -2.16. The van der Waals surface area contributed by atoms with Crippen LogP contribution in [0, 0.1) is 0 Å². The molecule has 26 heavy (non-hydrogen) atoms. The zero-order valence-electron chi connectivity index (χ0n) is 15.1. The average molecular weight is 351 g/mol. The molecule has 1 aliphatic rings. The minimum absolute atomic E-state index is 0.115. The molecule has 0 bridgehead atoms. The van der Waals surface area contributed by atoms with E-state index >= 15 is 0 Å². The number of imidazole rings is 1. The van der Waals surface area contributed by atoms with E-state index in [-0.39, 0.29) is 11.3 Å². The summed E-state index contributed by atoms with van der Waals surface area (Å²) < 4.78 is 7.62. The van der Waals surface area contributed by atoms with Crippen LogP contribution in [0.15, 0.2) is 41.5 Å². The van der Waals surface area contributed by atoms with E-state index < -0.39 is 0 Å². The van der Waals surface area contributed by atoms with E-state index in [1.807, 2.05) is 23.0 Å². The summed E-state index contributed by atoms with van der Waals surface area (Å²) in [6, 6.07) is 3.55. The standard InChI is InChI=1S/C19H21N5O2/c1-19(2,3)18-21-8-13-9-24(11-15(13)22-18)17(25)16-5-4-14(26-16)10-23-7-6-20-12-23/h4-8,12H,9-11H2,1-3H3. The fraction of sp³-hybridized carbons (Fsp3) is 0.368. The second-order valence-corrected chi connectivity index (χ2v) is 7.58. The van der Waals surface area contributed by atoms with Crippen LogP contribution in [-0.4, -0.2) is 30.3 Å². The van der Waals surface area contributed by atoms with E-state index in [0.717, 1.165) is 22.8 Å². The third kappa shape index (κ3) is 3.12. The first-order valence-corrected chi connectivity index (χ1v) is 8.59. The second-order valence-electron chi connectivity index (χ2n) is 7.58. The maximum atomic E-state index is 12.8. The largest absolute Gasteiger partial charge is 0.454 e. The van der Waals surface area contributed by atoms with E-state index in [1.54, 1.807) is 23.5 Å². The fourth-order valence-corrected chi connectivity index (χ4v) is 2.95. The predicted octanol–water partition coefficient (Wildman–Crippen LogP) is 2.77. The number of carbonyl (C=O) groups is 1. The Bertz CT molecular complexity index is 937. The maximum absolute atomic E-state index is 12.8. The molecule has 0 aliphatic carbocycles. The first kappa shape index (κ1) is 16.5. The minimum atomic E-state index is -0.128. The van der Waals surface area contributed by atoms with E-state index in [2.05, 4.69) is 35.7 Å². The Balaban J connectivity index is 1.48. The molecule has 0 saturated carbocycles. The molecule has 7 nitrogen and oxygen atoms in total. The van der Waals surface area contributed by atoms with Gasteiger partial charge in [0.15, 0.2) is 5.76 Å². The number of hydrogen-bond acceptors (Lipinski definition) is 5. The van der Waals surface area contributed by atoms with Crippen molar-refractivity contribution < 1.29 is 9.21 Å². The van der Waals surface area contributed by atoms with Crippen molar-refractivity contribution in [3.63, 3.8) is 0 Å². The van der Waals surface area contributed by atoms with Gasteiger partial charge < -0.3 is 13.9 Å². The van der Waals surface area contributed by atoms with Crippen LogP contribution in [0.1, 0.15) is 54.2 Å². The van der Waals surface area contributed by atoms with Gasteiger partial charge in [0.25, 0.3) is 5.91 Å². The van der Waals surface area contributed by atoms with Gasteiger partial charge in [0, 0.05) is 36.1 Å².